The van der Waals surface area contributed by atoms with Crippen LogP contribution in [0.5, 0.6) is 0 Å². The number of nitrogen functional groups attached to an aromatic ring is 1. The number of hydrogen-bond acceptors (Lipinski definition) is 10. The minimum absolute atomic E-state index is 0.137. The topological polar surface area (TPSA) is 164 Å². The van der Waals surface area contributed by atoms with E-state index in [9.17, 15) is 22.6 Å². The van der Waals surface area contributed by atoms with E-state index >= 15 is 0 Å². The highest BCUT2D eigenvalue weighted by molar-refractivity contribution is 8.00. The highest BCUT2D eigenvalue weighted by Gasteiger charge is 2.54. The van der Waals surface area contributed by atoms with Gasteiger partial charge in [-0.3, -0.25) is 14.1 Å². The second-order valence-corrected chi connectivity index (χ2v) is 8.95. The number of rotatable bonds is 7. The van der Waals surface area contributed by atoms with Gasteiger partial charge in [-0.05, 0) is 12.1 Å². The van der Waals surface area contributed by atoms with Crippen molar-refractivity contribution in [3.8, 4) is 0 Å². The van der Waals surface area contributed by atoms with Gasteiger partial charge in [0.05, 0.1) is 0 Å². The van der Waals surface area contributed by atoms with Gasteiger partial charge in [-0.15, -0.1) is 11.3 Å². The molecule has 2 amide bonds. The van der Waals surface area contributed by atoms with E-state index in [0.29, 0.717) is 9.20 Å². The van der Waals surface area contributed by atoms with Gasteiger partial charge in [0, 0.05) is 10.3 Å². The van der Waals surface area contributed by atoms with E-state index < -0.39 is 33.5 Å². The number of β-lactam (4-membered cyclic amide) rings is 1. The molecular formula is C15H15N5O6S3. The van der Waals surface area contributed by atoms with Crippen LogP contribution >= 0.6 is 23.1 Å². The first-order chi connectivity index (χ1) is 13.7. The van der Waals surface area contributed by atoms with Crippen LogP contribution in [0, 0.1) is 0 Å². The molecule has 2 heterocycles. The molecule has 1 aliphatic rings. The summed E-state index contributed by atoms with van der Waals surface area (Å²) in [7, 11) is -3.58. The van der Waals surface area contributed by atoms with Gasteiger partial charge in [0.15, 0.2) is 10.8 Å². The monoisotopic (exact) mass is 457 g/mol. The van der Waals surface area contributed by atoms with Crippen LogP contribution in [0.15, 0.2) is 45.8 Å². The van der Waals surface area contributed by atoms with Crippen molar-refractivity contribution in [1.82, 2.24) is 14.6 Å². The Balaban J connectivity index is 1.84. The minimum atomic E-state index is -4.80. The van der Waals surface area contributed by atoms with Crippen molar-refractivity contribution >= 4 is 56.1 Å². The Morgan fingerprint density at radius 3 is 2.66 bits per heavy atom. The lowest BCUT2D eigenvalue weighted by atomic mass is 10.1. The highest BCUT2D eigenvalue weighted by Crippen LogP contribution is 2.36. The molecule has 2 aromatic rings. The molecule has 1 aromatic heterocycles. The minimum Gasteiger partial charge on any atom is -0.398 e. The largest absolute Gasteiger partial charge is 0.398 e. The van der Waals surface area contributed by atoms with Gasteiger partial charge in [-0.2, -0.15) is 12.7 Å². The van der Waals surface area contributed by atoms with E-state index in [0.717, 1.165) is 23.1 Å². The molecule has 0 radical (unpaired) electrons. The lowest BCUT2D eigenvalue weighted by molar-refractivity contribution is -0.140. The maximum absolute atomic E-state index is 12.7. The summed E-state index contributed by atoms with van der Waals surface area (Å²) >= 11 is 2.07. The first kappa shape index (κ1) is 21.0. The molecule has 1 saturated heterocycles. The molecule has 1 fully saturated rings. The van der Waals surface area contributed by atoms with Crippen LogP contribution in [0.3, 0.4) is 0 Å². The van der Waals surface area contributed by atoms with Gasteiger partial charge in [0.2, 0.25) is 0 Å². The van der Waals surface area contributed by atoms with Crippen molar-refractivity contribution in [2.24, 2.45) is 5.16 Å². The summed E-state index contributed by atoms with van der Waals surface area (Å²) in [5.74, 6) is -1.80. The summed E-state index contributed by atoms with van der Waals surface area (Å²) in [6.45, 7) is 0. The number of nitrogens with zero attached hydrogens (tertiary/aromatic N) is 3. The lowest BCUT2D eigenvalue weighted by Crippen LogP contribution is -2.71. The summed E-state index contributed by atoms with van der Waals surface area (Å²) in [6, 6.07) is 7.39. The summed E-state index contributed by atoms with van der Waals surface area (Å²) in [6.07, 6.45) is 0. The Morgan fingerprint density at radius 1 is 1.41 bits per heavy atom. The average Bonchev–Trinajstić information content (AvgIpc) is 3.09. The number of carbonyl (C=O) groups excluding carboxylic acids is 2. The van der Waals surface area contributed by atoms with Crippen molar-refractivity contribution in [3.05, 3.63) is 41.4 Å². The number of benzene rings is 1. The second-order valence-electron chi connectivity index (χ2n) is 5.58. The number of aromatic nitrogens is 1. The number of amides is 2. The number of thiazole rings is 1. The first-order valence-electron chi connectivity index (χ1n) is 7.88. The van der Waals surface area contributed by atoms with Gasteiger partial charge in [-0.25, -0.2) is 4.98 Å². The third-order valence-corrected chi connectivity index (χ3v) is 6.68. The van der Waals surface area contributed by atoms with E-state index in [1.807, 2.05) is 0 Å². The van der Waals surface area contributed by atoms with E-state index in [-0.39, 0.29) is 16.5 Å². The van der Waals surface area contributed by atoms with Crippen LogP contribution in [-0.4, -0.2) is 58.3 Å². The van der Waals surface area contributed by atoms with Crippen LogP contribution in [0.2, 0.25) is 0 Å². The standard InChI is InChI=1S/C15H15N5O6S3/c1-26-19-10(9-7-27-15(16)17-9)12(21)18-11-13(22)20(29(23,24)25)14(11)28-8-5-3-2-4-6-8/h2-7,11,14H,1H3,(H2,16,17)(H,18,21)(H,23,24,25)/t11-,14-/m1/s1. The fraction of sp³-hybridized carbons (Fsp3) is 0.200. The van der Waals surface area contributed by atoms with Crippen molar-refractivity contribution in [2.45, 2.75) is 16.3 Å². The number of carbonyl (C=O) groups is 2. The molecule has 4 N–H and O–H groups in total. The Labute approximate surface area is 173 Å². The van der Waals surface area contributed by atoms with Gasteiger partial charge in [-0.1, -0.05) is 35.1 Å². The third kappa shape index (κ3) is 4.50. The zero-order chi connectivity index (χ0) is 21.2. The number of thioether (sulfide) groups is 1. The molecule has 11 nitrogen and oxygen atoms in total. The Kier molecular flexibility index (Phi) is 6.07. The van der Waals surface area contributed by atoms with Gasteiger partial charge in [0.1, 0.15) is 24.2 Å². The van der Waals surface area contributed by atoms with Gasteiger partial charge >= 0.3 is 10.3 Å². The molecule has 154 valence electrons. The molecule has 0 saturated carbocycles. The smallest absolute Gasteiger partial charge is 0.363 e. The van der Waals surface area contributed by atoms with Crippen LogP contribution < -0.4 is 11.1 Å². The zero-order valence-corrected chi connectivity index (χ0v) is 17.2. The first-order valence-corrected chi connectivity index (χ1v) is 11.0. The fourth-order valence-corrected chi connectivity index (χ4v) is 5.31. The summed E-state index contributed by atoms with van der Waals surface area (Å²) in [5.41, 5.74) is 5.47. The molecule has 14 heteroatoms. The fourth-order valence-electron chi connectivity index (χ4n) is 2.47. The third-order valence-electron chi connectivity index (χ3n) is 3.70. The Bertz CT molecular complexity index is 1060. The molecule has 1 aliphatic heterocycles. The Hall–Kier alpha value is -2.68. The van der Waals surface area contributed by atoms with Crippen LogP contribution in [0.1, 0.15) is 5.69 Å². The predicted molar refractivity (Wildman–Crippen MR) is 106 cm³/mol. The number of anilines is 1. The maximum atomic E-state index is 12.7. The van der Waals surface area contributed by atoms with Crippen LogP contribution in [-0.2, 0) is 24.7 Å². The molecule has 0 aliphatic carbocycles. The number of nitrogens with two attached hydrogens (primary N) is 1. The van der Waals surface area contributed by atoms with E-state index in [4.69, 9.17) is 5.73 Å². The Morgan fingerprint density at radius 2 is 2.10 bits per heavy atom. The summed E-state index contributed by atoms with van der Waals surface area (Å²) in [4.78, 5) is 34.2. The van der Waals surface area contributed by atoms with Crippen molar-refractivity contribution in [2.75, 3.05) is 12.8 Å². The van der Waals surface area contributed by atoms with Crippen molar-refractivity contribution < 1.29 is 27.4 Å². The maximum Gasteiger partial charge on any atom is 0.363 e. The molecule has 1 aromatic carbocycles. The molecule has 0 unspecified atom stereocenters. The van der Waals surface area contributed by atoms with Crippen molar-refractivity contribution in [3.63, 3.8) is 0 Å². The predicted octanol–water partition coefficient (Wildman–Crippen LogP) is 0.324. The molecule has 0 spiro atoms. The van der Waals surface area contributed by atoms with Crippen LogP contribution in [0.4, 0.5) is 5.13 Å². The number of hydrogen-bond donors (Lipinski definition) is 3. The zero-order valence-electron chi connectivity index (χ0n) is 14.8. The highest BCUT2D eigenvalue weighted by atomic mass is 32.2. The average molecular weight is 458 g/mol. The summed E-state index contributed by atoms with van der Waals surface area (Å²) < 4.78 is 32.8. The van der Waals surface area contributed by atoms with Crippen molar-refractivity contribution in [1.29, 1.82) is 0 Å². The SMILES string of the molecule is CON=C(C(=O)N[C@@H]1C(=O)N(S(=O)(=O)O)[C@@H]1Sc1ccccc1)c1csc(N)n1. The molecule has 29 heavy (non-hydrogen) atoms. The number of oxime groups is 1. The quantitative estimate of drug-likeness (QED) is 0.230. The van der Waals surface area contributed by atoms with E-state index in [2.05, 4.69) is 20.3 Å². The normalized spacial score (nSPS) is 19.6. The van der Waals surface area contributed by atoms with Crippen LogP contribution in [0.25, 0.3) is 0 Å². The summed E-state index contributed by atoms with van der Waals surface area (Å²) in [5, 5.41) is 6.63. The molecule has 3 rings (SSSR count). The van der Waals surface area contributed by atoms with E-state index in [1.165, 1.54) is 12.5 Å². The molecule has 2 atom stereocenters. The molecule has 0 bridgehead atoms. The van der Waals surface area contributed by atoms with Gasteiger partial charge in [0.25, 0.3) is 11.8 Å². The second kappa shape index (κ2) is 8.36. The van der Waals surface area contributed by atoms with Gasteiger partial charge < -0.3 is 15.9 Å². The molecular weight excluding hydrogens is 442 g/mol. The lowest BCUT2D eigenvalue weighted by Gasteiger charge is -2.43. The van der Waals surface area contributed by atoms with E-state index in [1.54, 1.807) is 30.3 Å². The number of nitrogens with one attached hydrogen (secondary N) is 1.